The van der Waals surface area contributed by atoms with E-state index in [2.05, 4.69) is 23.5 Å². The quantitative estimate of drug-likeness (QED) is 0.579. The fourth-order valence-corrected chi connectivity index (χ4v) is 3.14. The third kappa shape index (κ3) is 3.63. The van der Waals surface area contributed by atoms with E-state index in [1.165, 1.54) is 5.69 Å². The molecule has 1 aromatic heterocycles. The molecule has 1 aliphatic heterocycles. The van der Waals surface area contributed by atoms with Gasteiger partial charge in [0.05, 0.1) is 17.3 Å². The molecule has 1 fully saturated rings. The van der Waals surface area contributed by atoms with Gasteiger partial charge in [-0.3, -0.25) is 16.0 Å². The van der Waals surface area contributed by atoms with Crippen molar-refractivity contribution in [2.24, 2.45) is 12.9 Å². The fourth-order valence-electron chi connectivity index (χ4n) is 3.14. The minimum Gasteiger partial charge on any atom is -0.381 e. The molecule has 1 saturated heterocycles. The number of hydrazine groups is 1. The summed E-state index contributed by atoms with van der Waals surface area (Å²) < 4.78 is 13.6. The van der Waals surface area contributed by atoms with Gasteiger partial charge in [-0.2, -0.15) is 5.10 Å². The second-order valence-corrected chi connectivity index (χ2v) is 5.64. The van der Waals surface area contributed by atoms with E-state index < -0.39 is 0 Å². The molecule has 1 unspecified atom stereocenters. The predicted molar refractivity (Wildman–Crippen MR) is 81.8 cm³/mol. The molecule has 6 heteroatoms. The molecule has 0 aliphatic carbocycles. The van der Waals surface area contributed by atoms with E-state index in [4.69, 9.17) is 15.3 Å². The monoisotopic (exact) mass is 296 g/mol. The topological polar surface area (TPSA) is 74.3 Å². The lowest BCUT2D eigenvalue weighted by Crippen LogP contribution is -2.58. The second-order valence-electron chi connectivity index (χ2n) is 5.64. The van der Waals surface area contributed by atoms with Gasteiger partial charge in [0.25, 0.3) is 0 Å². The maximum absolute atomic E-state index is 6.12. The Hall–Kier alpha value is -0.950. The van der Waals surface area contributed by atoms with Gasteiger partial charge < -0.3 is 9.47 Å². The van der Waals surface area contributed by atoms with Crippen molar-refractivity contribution in [2.75, 3.05) is 19.8 Å². The van der Waals surface area contributed by atoms with Crippen molar-refractivity contribution in [3.63, 3.8) is 0 Å². The Morgan fingerprint density at radius 2 is 2.19 bits per heavy atom. The maximum Gasteiger partial charge on any atom is 0.0895 e. The van der Waals surface area contributed by atoms with Crippen molar-refractivity contribution in [2.45, 2.75) is 51.2 Å². The Bertz CT molecular complexity index is 435. The summed E-state index contributed by atoms with van der Waals surface area (Å²) in [5.41, 5.74) is 5.02. The number of nitrogens with two attached hydrogens (primary N) is 1. The Labute approximate surface area is 126 Å². The first kappa shape index (κ1) is 16.4. The van der Waals surface area contributed by atoms with E-state index in [1.54, 1.807) is 0 Å². The van der Waals surface area contributed by atoms with Crippen LogP contribution >= 0.6 is 0 Å². The number of ether oxygens (including phenoxy) is 2. The van der Waals surface area contributed by atoms with Gasteiger partial charge in [-0.15, -0.1) is 0 Å². The molecule has 0 saturated carbocycles. The highest BCUT2D eigenvalue weighted by molar-refractivity contribution is 5.13. The van der Waals surface area contributed by atoms with E-state index in [0.29, 0.717) is 6.61 Å². The zero-order chi connectivity index (χ0) is 15.3. The first-order valence-corrected chi connectivity index (χ1v) is 7.84. The minimum atomic E-state index is -0.252. The normalized spacial score (nSPS) is 19.6. The average molecular weight is 296 g/mol. The van der Waals surface area contributed by atoms with Gasteiger partial charge in [0, 0.05) is 51.8 Å². The summed E-state index contributed by atoms with van der Waals surface area (Å²) in [5.74, 6) is 5.86. The molecule has 1 atom stereocenters. The van der Waals surface area contributed by atoms with Crippen LogP contribution in [0.2, 0.25) is 0 Å². The van der Waals surface area contributed by atoms with E-state index >= 15 is 0 Å². The highest BCUT2D eigenvalue weighted by Gasteiger charge is 2.41. The van der Waals surface area contributed by atoms with Gasteiger partial charge in [0.15, 0.2) is 0 Å². The lowest BCUT2D eigenvalue weighted by Gasteiger charge is -2.42. The molecule has 2 rings (SSSR count). The molecule has 0 radical (unpaired) electrons. The largest absolute Gasteiger partial charge is 0.381 e. The van der Waals surface area contributed by atoms with Crippen molar-refractivity contribution in [3.05, 3.63) is 17.5 Å². The summed E-state index contributed by atoms with van der Waals surface area (Å²) in [7, 11) is 1.99. The van der Waals surface area contributed by atoms with Crippen LogP contribution in [0.25, 0.3) is 0 Å². The summed E-state index contributed by atoms with van der Waals surface area (Å²) in [6.07, 6.45) is 3.49. The van der Waals surface area contributed by atoms with Crippen LogP contribution in [0.5, 0.6) is 0 Å². The Balaban J connectivity index is 2.17. The zero-order valence-electron chi connectivity index (χ0n) is 13.4. The predicted octanol–water partition coefficient (Wildman–Crippen LogP) is 0.943. The lowest BCUT2D eigenvalue weighted by atomic mass is 9.83. The number of hydrogen-bond acceptors (Lipinski definition) is 5. The number of nitrogens with zero attached hydrogens (tertiary/aromatic N) is 2. The summed E-state index contributed by atoms with van der Waals surface area (Å²) in [4.78, 5) is 0. The van der Waals surface area contributed by atoms with E-state index in [1.807, 2.05) is 18.7 Å². The van der Waals surface area contributed by atoms with Gasteiger partial charge in [-0.1, -0.05) is 6.92 Å². The molecule has 21 heavy (non-hydrogen) atoms. The fraction of sp³-hybridized carbons (Fsp3) is 0.800. The minimum absolute atomic E-state index is 0.0569. The van der Waals surface area contributed by atoms with Crippen LogP contribution in [0.3, 0.4) is 0 Å². The standard InChI is InChI=1S/C15H28N4O2/c1-4-12-10-13(19(3)18-12)11-14(17-16)15(21-5-2)6-8-20-9-7-15/h10,14,17H,4-9,11,16H2,1-3H3. The van der Waals surface area contributed by atoms with Crippen LogP contribution < -0.4 is 11.3 Å². The summed E-state index contributed by atoms with van der Waals surface area (Å²) in [5, 5.41) is 4.51. The molecular weight excluding hydrogens is 268 g/mol. The van der Waals surface area contributed by atoms with Gasteiger partial charge in [0.2, 0.25) is 0 Å². The van der Waals surface area contributed by atoms with Crippen LogP contribution in [-0.4, -0.2) is 41.2 Å². The molecule has 120 valence electrons. The third-order valence-corrected chi connectivity index (χ3v) is 4.41. The summed E-state index contributed by atoms with van der Waals surface area (Å²) in [6, 6.07) is 2.21. The molecule has 1 aromatic rings. The van der Waals surface area contributed by atoms with Gasteiger partial charge in [-0.25, -0.2) is 0 Å². The first-order valence-electron chi connectivity index (χ1n) is 7.84. The average Bonchev–Trinajstić information content (AvgIpc) is 2.86. The Kier molecular flexibility index (Phi) is 5.75. The first-order chi connectivity index (χ1) is 10.1. The number of nitrogens with one attached hydrogen (secondary N) is 1. The van der Waals surface area contributed by atoms with Crippen LogP contribution in [0.15, 0.2) is 6.07 Å². The lowest BCUT2D eigenvalue weighted by molar-refractivity contribution is -0.126. The SMILES string of the molecule is CCOC1(C(Cc2cc(CC)nn2C)NN)CCOCC1. The summed E-state index contributed by atoms with van der Waals surface area (Å²) in [6.45, 7) is 6.28. The van der Waals surface area contributed by atoms with Crippen LogP contribution in [0.4, 0.5) is 0 Å². The van der Waals surface area contributed by atoms with Crippen molar-refractivity contribution in [3.8, 4) is 0 Å². The van der Waals surface area contributed by atoms with Gasteiger partial charge in [0.1, 0.15) is 0 Å². The maximum atomic E-state index is 6.12. The van der Waals surface area contributed by atoms with E-state index in [-0.39, 0.29) is 11.6 Å². The van der Waals surface area contributed by atoms with E-state index in [0.717, 1.165) is 44.6 Å². The molecule has 6 nitrogen and oxygen atoms in total. The molecular formula is C15H28N4O2. The Morgan fingerprint density at radius 1 is 1.48 bits per heavy atom. The number of aryl methyl sites for hydroxylation is 2. The van der Waals surface area contributed by atoms with Crippen molar-refractivity contribution >= 4 is 0 Å². The van der Waals surface area contributed by atoms with Crippen molar-refractivity contribution < 1.29 is 9.47 Å². The van der Waals surface area contributed by atoms with Gasteiger partial charge >= 0.3 is 0 Å². The molecule has 0 spiro atoms. The molecule has 2 heterocycles. The Morgan fingerprint density at radius 3 is 2.71 bits per heavy atom. The van der Waals surface area contributed by atoms with Crippen molar-refractivity contribution in [1.29, 1.82) is 0 Å². The van der Waals surface area contributed by atoms with E-state index in [9.17, 15) is 0 Å². The number of rotatable bonds is 7. The third-order valence-electron chi connectivity index (χ3n) is 4.41. The van der Waals surface area contributed by atoms with Gasteiger partial charge in [-0.05, 0) is 19.4 Å². The molecule has 3 N–H and O–H groups in total. The number of aromatic nitrogens is 2. The van der Waals surface area contributed by atoms with Crippen LogP contribution in [0, 0.1) is 0 Å². The van der Waals surface area contributed by atoms with Crippen molar-refractivity contribution in [1.82, 2.24) is 15.2 Å². The molecule has 0 amide bonds. The van der Waals surface area contributed by atoms with Crippen LogP contribution in [0.1, 0.15) is 38.1 Å². The zero-order valence-corrected chi connectivity index (χ0v) is 13.4. The molecule has 1 aliphatic rings. The smallest absolute Gasteiger partial charge is 0.0895 e. The summed E-state index contributed by atoms with van der Waals surface area (Å²) >= 11 is 0. The van der Waals surface area contributed by atoms with Crippen LogP contribution in [-0.2, 0) is 29.4 Å². The highest BCUT2D eigenvalue weighted by atomic mass is 16.5. The number of hydrogen-bond donors (Lipinski definition) is 2. The second kappa shape index (κ2) is 7.35. The highest BCUT2D eigenvalue weighted by Crippen LogP contribution is 2.30. The molecule has 0 bridgehead atoms. The molecule has 0 aromatic carbocycles.